The number of benzene rings is 1. The third-order valence-electron chi connectivity index (χ3n) is 2.60. The van der Waals surface area contributed by atoms with Crippen LogP contribution in [0.1, 0.15) is 17.0 Å². The maximum absolute atomic E-state index is 10.5. The Kier molecular flexibility index (Phi) is 3.28. The maximum atomic E-state index is 10.5. The van der Waals surface area contributed by atoms with E-state index in [0.29, 0.717) is 5.69 Å². The number of H-pyrrole nitrogens is 1. The molecule has 2 rings (SSSR count). The Morgan fingerprint density at radius 2 is 2.17 bits per heavy atom. The number of carboxylic acids is 1. The highest BCUT2D eigenvalue weighted by Crippen LogP contribution is 2.19. The molecule has 2 N–H and O–H groups in total. The second-order valence-corrected chi connectivity index (χ2v) is 4.14. The molecule has 0 unspecified atom stereocenters. The van der Waals surface area contributed by atoms with E-state index in [1.165, 1.54) is 6.08 Å². The van der Waals surface area contributed by atoms with Crippen molar-refractivity contribution >= 4 is 12.0 Å². The minimum absolute atomic E-state index is 0.647. The van der Waals surface area contributed by atoms with Gasteiger partial charge in [-0.05, 0) is 26.0 Å². The summed E-state index contributed by atoms with van der Waals surface area (Å²) in [4.78, 5) is 18.0. The van der Waals surface area contributed by atoms with Gasteiger partial charge in [0, 0.05) is 17.3 Å². The highest BCUT2D eigenvalue weighted by atomic mass is 16.4. The van der Waals surface area contributed by atoms with E-state index in [-0.39, 0.29) is 0 Å². The fourth-order valence-electron chi connectivity index (χ4n) is 1.72. The smallest absolute Gasteiger partial charge is 0.328 e. The third kappa shape index (κ3) is 2.66. The molecule has 0 aliphatic carbocycles. The summed E-state index contributed by atoms with van der Waals surface area (Å²) in [6.45, 7) is 3.89. The van der Waals surface area contributed by atoms with Crippen LogP contribution in [0.5, 0.6) is 0 Å². The van der Waals surface area contributed by atoms with Gasteiger partial charge in [0.05, 0.1) is 5.69 Å². The molecule has 0 saturated carbocycles. The van der Waals surface area contributed by atoms with Crippen molar-refractivity contribution in [3.8, 4) is 11.4 Å². The molecule has 2 aromatic rings. The van der Waals surface area contributed by atoms with Gasteiger partial charge in [0.25, 0.3) is 0 Å². The zero-order valence-electron chi connectivity index (χ0n) is 10.3. The average Bonchev–Trinajstić information content (AvgIpc) is 2.68. The highest BCUT2D eigenvalue weighted by molar-refractivity contribution is 5.85. The Hall–Kier alpha value is -2.36. The number of rotatable bonds is 3. The van der Waals surface area contributed by atoms with Crippen molar-refractivity contribution < 1.29 is 9.90 Å². The van der Waals surface area contributed by atoms with Crippen LogP contribution in [0.3, 0.4) is 0 Å². The van der Waals surface area contributed by atoms with Gasteiger partial charge in [-0.2, -0.15) is 0 Å². The minimum atomic E-state index is -0.977. The molecule has 18 heavy (non-hydrogen) atoms. The largest absolute Gasteiger partial charge is 0.478 e. The molecule has 0 saturated heterocycles. The number of carboxylic acid groups (broad SMARTS) is 1. The molecule has 0 atom stereocenters. The van der Waals surface area contributed by atoms with Crippen LogP contribution in [0.25, 0.3) is 17.5 Å². The van der Waals surface area contributed by atoms with Crippen LogP contribution in [0.4, 0.5) is 0 Å². The van der Waals surface area contributed by atoms with Crippen LogP contribution in [-0.2, 0) is 4.79 Å². The Balaban J connectivity index is 2.37. The van der Waals surface area contributed by atoms with Gasteiger partial charge in [0.2, 0.25) is 0 Å². The Labute approximate surface area is 105 Å². The van der Waals surface area contributed by atoms with E-state index in [0.717, 1.165) is 28.7 Å². The number of aliphatic carboxylic acids is 1. The van der Waals surface area contributed by atoms with Crippen LogP contribution < -0.4 is 0 Å². The summed E-state index contributed by atoms with van der Waals surface area (Å²) in [5, 5.41) is 8.60. The van der Waals surface area contributed by atoms with Gasteiger partial charge in [-0.15, -0.1) is 0 Å². The molecular formula is C14H14N2O2. The molecule has 0 aliphatic rings. The minimum Gasteiger partial charge on any atom is -0.478 e. The van der Waals surface area contributed by atoms with E-state index >= 15 is 0 Å². The van der Waals surface area contributed by atoms with E-state index in [1.807, 2.05) is 38.1 Å². The van der Waals surface area contributed by atoms with Crippen LogP contribution >= 0.6 is 0 Å². The van der Waals surface area contributed by atoms with Crippen molar-refractivity contribution in [2.24, 2.45) is 0 Å². The predicted octanol–water partition coefficient (Wildman–Crippen LogP) is 2.79. The standard InChI is InChI=1S/C14H14N2O2/c1-9-4-3-5-11(8-9)14-15-10(2)12(16-14)6-7-13(17)18/h3-8H,1-2H3,(H,15,16)(H,17,18)/b7-6+. The first-order valence-corrected chi connectivity index (χ1v) is 5.61. The molecule has 0 fully saturated rings. The first-order valence-electron chi connectivity index (χ1n) is 5.61. The number of hydrogen-bond donors (Lipinski definition) is 2. The number of hydrogen-bond acceptors (Lipinski definition) is 2. The Bertz CT molecular complexity index is 612. The van der Waals surface area contributed by atoms with E-state index < -0.39 is 5.97 Å². The van der Waals surface area contributed by atoms with Gasteiger partial charge in [0.15, 0.2) is 0 Å². The molecule has 1 aromatic carbocycles. The zero-order chi connectivity index (χ0) is 13.1. The lowest BCUT2D eigenvalue weighted by molar-refractivity contribution is -0.131. The zero-order valence-corrected chi connectivity index (χ0v) is 10.3. The van der Waals surface area contributed by atoms with Gasteiger partial charge in [0.1, 0.15) is 5.82 Å². The normalized spacial score (nSPS) is 11.0. The summed E-state index contributed by atoms with van der Waals surface area (Å²) >= 11 is 0. The SMILES string of the molecule is Cc1cccc(-c2nc(/C=C/C(=O)O)c(C)[nH]2)c1. The lowest BCUT2D eigenvalue weighted by Gasteiger charge is -1.97. The fourth-order valence-corrected chi connectivity index (χ4v) is 1.72. The number of carbonyl (C=O) groups is 1. The molecule has 1 aromatic heterocycles. The van der Waals surface area contributed by atoms with Gasteiger partial charge < -0.3 is 10.1 Å². The van der Waals surface area contributed by atoms with E-state index in [9.17, 15) is 4.79 Å². The maximum Gasteiger partial charge on any atom is 0.328 e. The molecular weight excluding hydrogens is 228 g/mol. The Morgan fingerprint density at radius 1 is 1.39 bits per heavy atom. The van der Waals surface area contributed by atoms with E-state index in [2.05, 4.69) is 9.97 Å². The van der Waals surface area contributed by atoms with Crippen molar-refractivity contribution in [3.05, 3.63) is 47.3 Å². The topological polar surface area (TPSA) is 66.0 Å². The van der Waals surface area contributed by atoms with Gasteiger partial charge >= 0.3 is 5.97 Å². The molecule has 1 heterocycles. The lowest BCUT2D eigenvalue weighted by atomic mass is 10.1. The van der Waals surface area contributed by atoms with Gasteiger partial charge in [-0.25, -0.2) is 9.78 Å². The predicted molar refractivity (Wildman–Crippen MR) is 70.2 cm³/mol. The van der Waals surface area contributed by atoms with Crippen molar-refractivity contribution in [2.45, 2.75) is 13.8 Å². The second-order valence-electron chi connectivity index (χ2n) is 4.14. The number of aromatic amines is 1. The highest BCUT2D eigenvalue weighted by Gasteiger charge is 2.06. The fraction of sp³-hybridized carbons (Fsp3) is 0.143. The first kappa shape index (κ1) is 12.1. The molecule has 0 radical (unpaired) electrons. The summed E-state index contributed by atoms with van der Waals surface area (Å²) in [7, 11) is 0. The summed E-state index contributed by atoms with van der Waals surface area (Å²) < 4.78 is 0. The van der Waals surface area contributed by atoms with Crippen LogP contribution in [0, 0.1) is 13.8 Å². The van der Waals surface area contributed by atoms with Crippen LogP contribution in [-0.4, -0.2) is 21.0 Å². The molecule has 0 aliphatic heterocycles. The molecule has 0 bridgehead atoms. The first-order chi connectivity index (χ1) is 8.56. The quantitative estimate of drug-likeness (QED) is 0.813. The second kappa shape index (κ2) is 4.87. The van der Waals surface area contributed by atoms with Crippen molar-refractivity contribution in [1.29, 1.82) is 0 Å². The number of aromatic nitrogens is 2. The van der Waals surface area contributed by atoms with Crippen LogP contribution in [0.2, 0.25) is 0 Å². The Morgan fingerprint density at radius 3 is 2.83 bits per heavy atom. The van der Waals surface area contributed by atoms with E-state index in [1.54, 1.807) is 0 Å². The van der Waals surface area contributed by atoms with Crippen molar-refractivity contribution in [1.82, 2.24) is 9.97 Å². The third-order valence-corrected chi connectivity index (χ3v) is 2.60. The number of nitrogens with zero attached hydrogens (tertiary/aromatic N) is 1. The average molecular weight is 242 g/mol. The van der Waals surface area contributed by atoms with Gasteiger partial charge in [-0.1, -0.05) is 23.8 Å². The summed E-state index contributed by atoms with van der Waals surface area (Å²) in [5.74, 6) is -0.226. The summed E-state index contributed by atoms with van der Waals surface area (Å²) in [6, 6.07) is 7.98. The molecule has 92 valence electrons. The lowest BCUT2D eigenvalue weighted by Crippen LogP contribution is -1.86. The number of imidazole rings is 1. The van der Waals surface area contributed by atoms with Crippen LogP contribution in [0.15, 0.2) is 30.3 Å². The van der Waals surface area contributed by atoms with Crippen molar-refractivity contribution in [3.63, 3.8) is 0 Å². The number of nitrogens with one attached hydrogen (secondary N) is 1. The molecule has 4 heteroatoms. The number of aryl methyl sites for hydroxylation is 2. The monoisotopic (exact) mass is 242 g/mol. The molecule has 0 amide bonds. The van der Waals surface area contributed by atoms with Crippen molar-refractivity contribution in [2.75, 3.05) is 0 Å². The summed E-state index contributed by atoms with van der Waals surface area (Å²) in [6.07, 6.45) is 2.58. The summed E-state index contributed by atoms with van der Waals surface area (Å²) in [5.41, 5.74) is 3.65. The molecule has 4 nitrogen and oxygen atoms in total. The molecule has 0 spiro atoms. The van der Waals surface area contributed by atoms with Gasteiger partial charge in [-0.3, -0.25) is 0 Å². The van der Waals surface area contributed by atoms with E-state index in [4.69, 9.17) is 5.11 Å².